The van der Waals surface area contributed by atoms with Gasteiger partial charge in [0.05, 0.1) is 27.6 Å². The van der Waals surface area contributed by atoms with Crippen LogP contribution in [0.15, 0.2) is 47.3 Å². The molecule has 1 aliphatic heterocycles. The van der Waals surface area contributed by atoms with Crippen LogP contribution in [0.25, 0.3) is 11.3 Å². The number of nitrogens with zero attached hydrogens (tertiary/aromatic N) is 4. The SMILES string of the molecule is CCCc1nc2c(c(=O)[nH]1)CN(Cc1cccc(-c3cccc([N+](=O)[O-])c3)n1)CC2. The average molecular weight is 405 g/mol. The molecule has 4 rings (SSSR count). The standard InChI is InChI=1S/C22H23N5O3/c1-2-5-21-24-20-10-11-26(14-18(20)22(28)25-21)13-16-7-4-9-19(23-16)15-6-3-8-17(12-15)27(29)30/h3-4,6-9,12H,2,5,10-11,13-14H2,1H3,(H,24,25,28). The first-order valence-electron chi connectivity index (χ1n) is 10.1. The van der Waals surface area contributed by atoms with E-state index in [9.17, 15) is 14.9 Å². The summed E-state index contributed by atoms with van der Waals surface area (Å²) in [4.78, 5) is 37.5. The molecule has 154 valence electrons. The predicted octanol–water partition coefficient (Wildman–Crippen LogP) is 3.25. The van der Waals surface area contributed by atoms with Gasteiger partial charge in [0.1, 0.15) is 5.82 Å². The maximum absolute atomic E-state index is 12.5. The minimum absolute atomic E-state index is 0.0431. The molecule has 3 heterocycles. The van der Waals surface area contributed by atoms with E-state index >= 15 is 0 Å². The molecule has 0 bridgehead atoms. The molecule has 1 aromatic carbocycles. The van der Waals surface area contributed by atoms with Crippen molar-refractivity contribution in [3.8, 4) is 11.3 Å². The van der Waals surface area contributed by atoms with E-state index in [1.807, 2.05) is 24.3 Å². The maximum Gasteiger partial charge on any atom is 0.270 e. The first-order chi connectivity index (χ1) is 14.5. The summed E-state index contributed by atoms with van der Waals surface area (Å²) in [5.41, 5.74) is 3.88. The van der Waals surface area contributed by atoms with Crippen molar-refractivity contribution in [1.82, 2.24) is 19.9 Å². The number of aromatic amines is 1. The van der Waals surface area contributed by atoms with Crippen LogP contribution in [-0.2, 0) is 25.9 Å². The minimum atomic E-state index is -0.407. The van der Waals surface area contributed by atoms with Gasteiger partial charge in [-0.3, -0.25) is 24.8 Å². The number of H-pyrrole nitrogens is 1. The molecule has 0 atom stereocenters. The number of benzene rings is 1. The predicted molar refractivity (Wildman–Crippen MR) is 113 cm³/mol. The Balaban J connectivity index is 1.52. The van der Waals surface area contributed by atoms with Crippen LogP contribution in [0, 0.1) is 10.1 Å². The number of hydrogen-bond donors (Lipinski definition) is 1. The Hall–Kier alpha value is -3.39. The summed E-state index contributed by atoms with van der Waals surface area (Å²) < 4.78 is 0. The third-order valence-electron chi connectivity index (χ3n) is 5.23. The number of nitro benzene ring substituents is 1. The molecule has 30 heavy (non-hydrogen) atoms. The smallest absolute Gasteiger partial charge is 0.270 e. The topological polar surface area (TPSA) is 105 Å². The van der Waals surface area contributed by atoms with E-state index in [4.69, 9.17) is 0 Å². The highest BCUT2D eigenvalue weighted by Gasteiger charge is 2.21. The Bertz CT molecular complexity index is 1140. The second kappa shape index (κ2) is 8.54. The van der Waals surface area contributed by atoms with Gasteiger partial charge in [-0.2, -0.15) is 0 Å². The van der Waals surface area contributed by atoms with Gasteiger partial charge in [-0.15, -0.1) is 0 Å². The van der Waals surface area contributed by atoms with Gasteiger partial charge in [0.25, 0.3) is 11.2 Å². The van der Waals surface area contributed by atoms with Gasteiger partial charge < -0.3 is 4.98 Å². The highest BCUT2D eigenvalue weighted by Crippen LogP contribution is 2.23. The number of aryl methyl sites for hydroxylation is 1. The molecule has 0 fully saturated rings. The zero-order valence-electron chi connectivity index (χ0n) is 16.8. The van der Waals surface area contributed by atoms with Gasteiger partial charge in [0.15, 0.2) is 0 Å². The number of nitro groups is 1. The van der Waals surface area contributed by atoms with Crippen molar-refractivity contribution in [3.63, 3.8) is 0 Å². The number of fused-ring (bicyclic) bond motifs is 1. The molecule has 0 radical (unpaired) electrons. The molecule has 8 heteroatoms. The number of pyridine rings is 1. The molecule has 0 spiro atoms. The fourth-order valence-electron chi connectivity index (χ4n) is 3.76. The Morgan fingerprint density at radius 1 is 1.20 bits per heavy atom. The van der Waals surface area contributed by atoms with Crippen LogP contribution in [0.4, 0.5) is 5.69 Å². The first-order valence-corrected chi connectivity index (χ1v) is 10.1. The van der Waals surface area contributed by atoms with Gasteiger partial charge in [0.2, 0.25) is 0 Å². The number of hydrogen-bond acceptors (Lipinski definition) is 6. The lowest BCUT2D eigenvalue weighted by atomic mass is 10.1. The third-order valence-corrected chi connectivity index (χ3v) is 5.23. The summed E-state index contributed by atoms with van der Waals surface area (Å²) in [5.74, 6) is 0.765. The van der Waals surface area contributed by atoms with Crippen molar-refractivity contribution < 1.29 is 4.92 Å². The summed E-state index contributed by atoms with van der Waals surface area (Å²) in [6.45, 7) is 4.00. The van der Waals surface area contributed by atoms with Crippen LogP contribution < -0.4 is 5.56 Å². The van der Waals surface area contributed by atoms with Gasteiger partial charge in [0, 0.05) is 50.2 Å². The number of nitrogens with one attached hydrogen (secondary N) is 1. The lowest BCUT2D eigenvalue weighted by Crippen LogP contribution is -2.36. The molecule has 0 saturated carbocycles. The number of aromatic nitrogens is 3. The van der Waals surface area contributed by atoms with Gasteiger partial charge >= 0.3 is 0 Å². The zero-order chi connectivity index (χ0) is 21.1. The van der Waals surface area contributed by atoms with E-state index < -0.39 is 4.92 Å². The Morgan fingerprint density at radius 2 is 2.03 bits per heavy atom. The summed E-state index contributed by atoms with van der Waals surface area (Å²) in [5, 5.41) is 11.0. The largest absolute Gasteiger partial charge is 0.310 e. The molecule has 8 nitrogen and oxygen atoms in total. The van der Waals surface area contributed by atoms with Crippen LogP contribution in [0.5, 0.6) is 0 Å². The molecule has 3 aromatic rings. The van der Waals surface area contributed by atoms with E-state index in [0.717, 1.165) is 48.6 Å². The summed E-state index contributed by atoms with van der Waals surface area (Å²) >= 11 is 0. The highest BCUT2D eigenvalue weighted by molar-refractivity contribution is 5.62. The quantitative estimate of drug-likeness (QED) is 0.499. The molecule has 0 amide bonds. The van der Waals surface area contributed by atoms with E-state index in [1.54, 1.807) is 6.07 Å². The zero-order valence-corrected chi connectivity index (χ0v) is 16.8. The van der Waals surface area contributed by atoms with E-state index in [2.05, 4.69) is 26.8 Å². The average Bonchev–Trinajstić information content (AvgIpc) is 2.75. The monoisotopic (exact) mass is 405 g/mol. The summed E-state index contributed by atoms with van der Waals surface area (Å²) in [6, 6.07) is 12.2. The fourth-order valence-corrected chi connectivity index (χ4v) is 3.76. The molecule has 1 aliphatic rings. The van der Waals surface area contributed by atoms with Crippen LogP contribution in [0.1, 0.15) is 36.1 Å². The van der Waals surface area contributed by atoms with Gasteiger partial charge in [-0.25, -0.2) is 4.98 Å². The lowest BCUT2D eigenvalue weighted by Gasteiger charge is -2.27. The summed E-state index contributed by atoms with van der Waals surface area (Å²) in [6.07, 6.45) is 2.46. The van der Waals surface area contributed by atoms with Crippen LogP contribution in [-0.4, -0.2) is 31.3 Å². The molecule has 0 aliphatic carbocycles. The second-order valence-electron chi connectivity index (χ2n) is 7.47. The van der Waals surface area contributed by atoms with Gasteiger partial charge in [-0.05, 0) is 18.6 Å². The van der Waals surface area contributed by atoms with E-state index in [0.29, 0.717) is 24.3 Å². The lowest BCUT2D eigenvalue weighted by molar-refractivity contribution is -0.384. The minimum Gasteiger partial charge on any atom is -0.310 e. The third kappa shape index (κ3) is 4.28. The molecule has 0 unspecified atom stereocenters. The van der Waals surface area contributed by atoms with E-state index in [1.165, 1.54) is 12.1 Å². The molecule has 0 saturated heterocycles. The number of rotatable bonds is 6. The molecular formula is C22H23N5O3. The Kier molecular flexibility index (Phi) is 5.67. The van der Waals surface area contributed by atoms with Crippen molar-refractivity contribution in [2.75, 3.05) is 6.54 Å². The first kappa shape index (κ1) is 19.9. The maximum atomic E-state index is 12.5. The van der Waals surface area contributed by atoms with Crippen molar-refractivity contribution in [2.45, 2.75) is 39.3 Å². The second-order valence-corrected chi connectivity index (χ2v) is 7.47. The van der Waals surface area contributed by atoms with Crippen molar-refractivity contribution in [2.24, 2.45) is 0 Å². The summed E-state index contributed by atoms with van der Waals surface area (Å²) in [7, 11) is 0. The number of non-ortho nitro benzene ring substituents is 1. The van der Waals surface area contributed by atoms with Gasteiger partial charge in [-0.1, -0.05) is 25.1 Å². The molecule has 1 N–H and O–H groups in total. The van der Waals surface area contributed by atoms with Crippen LogP contribution >= 0.6 is 0 Å². The fraction of sp³-hybridized carbons (Fsp3) is 0.318. The van der Waals surface area contributed by atoms with Crippen molar-refractivity contribution in [1.29, 1.82) is 0 Å². The molecule has 2 aromatic heterocycles. The van der Waals surface area contributed by atoms with Crippen LogP contribution in [0.3, 0.4) is 0 Å². The highest BCUT2D eigenvalue weighted by atomic mass is 16.6. The van der Waals surface area contributed by atoms with Crippen LogP contribution in [0.2, 0.25) is 0 Å². The Morgan fingerprint density at radius 3 is 2.83 bits per heavy atom. The Labute approximate surface area is 173 Å². The molecular weight excluding hydrogens is 382 g/mol. The van der Waals surface area contributed by atoms with Crippen molar-refractivity contribution >= 4 is 5.69 Å². The van der Waals surface area contributed by atoms with E-state index in [-0.39, 0.29) is 11.2 Å². The normalized spacial score (nSPS) is 13.8. The van der Waals surface area contributed by atoms with Crippen molar-refractivity contribution in [3.05, 3.63) is 85.7 Å².